The van der Waals surface area contributed by atoms with Gasteiger partial charge >= 0.3 is 0 Å². The maximum Gasteiger partial charge on any atom is 0.148 e. The summed E-state index contributed by atoms with van der Waals surface area (Å²) in [6.07, 6.45) is 3.32. The molecule has 2 heterocycles. The van der Waals surface area contributed by atoms with E-state index in [2.05, 4.69) is 26.7 Å². The van der Waals surface area contributed by atoms with Crippen LogP contribution in [0.4, 0.5) is 17.3 Å². The van der Waals surface area contributed by atoms with Crippen LogP contribution in [0.15, 0.2) is 36.7 Å². The number of rotatable bonds is 3. The van der Waals surface area contributed by atoms with Crippen molar-refractivity contribution in [2.45, 2.75) is 0 Å². The summed E-state index contributed by atoms with van der Waals surface area (Å²) in [6.45, 7) is 0. The summed E-state index contributed by atoms with van der Waals surface area (Å²) in [7, 11) is 1.81. The summed E-state index contributed by atoms with van der Waals surface area (Å²) >= 11 is 0. The van der Waals surface area contributed by atoms with Gasteiger partial charge in [0.2, 0.25) is 0 Å². The average Bonchev–Trinajstić information content (AvgIpc) is 2.40. The second-order valence-corrected chi connectivity index (χ2v) is 3.32. The topological polar surface area (TPSA) is 73.6 Å². The number of hydrogen-bond acceptors (Lipinski definition) is 5. The molecule has 2 aromatic heterocycles. The van der Waals surface area contributed by atoms with Crippen molar-refractivity contribution >= 4 is 17.3 Å². The predicted molar refractivity (Wildman–Crippen MR) is 66.0 cm³/mol. The van der Waals surface area contributed by atoms with Crippen LogP contribution in [0.25, 0.3) is 0 Å². The number of nitrogens with zero attached hydrogens (tertiary/aromatic N) is 3. The fourth-order valence-electron chi connectivity index (χ4n) is 1.35. The fourth-order valence-corrected chi connectivity index (χ4v) is 1.35. The number of nitrogens with one attached hydrogen (secondary N) is 2. The highest BCUT2D eigenvalue weighted by molar-refractivity contribution is 5.62. The van der Waals surface area contributed by atoms with Crippen molar-refractivity contribution in [1.29, 1.82) is 5.26 Å². The van der Waals surface area contributed by atoms with Crippen LogP contribution < -0.4 is 10.6 Å². The van der Waals surface area contributed by atoms with E-state index in [1.54, 1.807) is 24.5 Å². The third kappa shape index (κ3) is 2.49. The van der Waals surface area contributed by atoms with Gasteiger partial charge in [0, 0.05) is 13.2 Å². The minimum absolute atomic E-state index is 0.505. The summed E-state index contributed by atoms with van der Waals surface area (Å²) in [5.41, 5.74) is 1.30. The first-order chi connectivity index (χ1) is 8.33. The molecule has 17 heavy (non-hydrogen) atoms. The van der Waals surface area contributed by atoms with Gasteiger partial charge in [-0.15, -0.1) is 0 Å². The van der Waals surface area contributed by atoms with Crippen molar-refractivity contribution in [2.75, 3.05) is 17.7 Å². The van der Waals surface area contributed by atoms with Crippen LogP contribution in [-0.2, 0) is 0 Å². The molecule has 5 nitrogen and oxygen atoms in total. The average molecular weight is 225 g/mol. The summed E-state index contributed by atoms with van der Waals surface area (Å²) < 4.78 is 0. The van der Waals surface area contributed by atoms with Gasteiger partial charge in [0.15, 0.2) is 0 Å². The Hall–Kier alpha value is -2.61. The molecule has 0 saturated carbocycles. The van der Waals surface area contributed by atoms with E-state index < -0.39 is 0 Å². The molecule has 0 spiro atoms. The SMILES string of the molecule is CNc1ccc(Nc2ncccc2C#N)cn1. The first-order valence-corrected chi connectivity index (χ1v) is 5.09. The molecule has 5 heteroatoms. The maximum absolute atomic E-state index is 8.92. The second-order valence-electron chi connectivity index (χ2n) is 3.32. The first-order valence-electron chi connectivity index (χ1n) is 5.09. The summed E-state index contributed by atoms with van der Waals surface area (Å²) in [6, 6.07) is 9.24. The quantitative estimate of drug-likeness (QED) is 0.837. The molecule has 0 aromatic carbocycles. The van der Waals surface area contributed by atoms with Gasteiger partial charge in [0.1, 0.15) is 17.7 Å². The summed E-state index contributed by atoms with van der Waals surface area (Å²) in [4.78, 5) is 8.27. The molecule has 2 aromatic rings. The van der Waals surface area contributed by atoms with Gasteiger partial charge in [-0.05, 0) is 24.3 Å². The minimum atomic E-state index is 0.505. The van der Waals surface area contributed by atoms with Gasteiger partial charge < -0.3 is 10.6 Å². The first kappa shape index (κ1) is 10.9. The largest absolute Gasteiger partial charge is 0.373 e. The van der Waals surface area contributed by atoms with E-state index in [4.69, 9.17) is 5.26 Å². The van der Waals surface area contributed by atoms with Gasteiger partial charge in [-0.1, -0.05) is 0 Å². The van der Waals surface area contributed by atoms with Crippen LogP contribution in [0.5, 0.6) is 0 Å². The van der Waals surface area contributed by atoms with Crippen molar-refractivity contribution in [3.63, 3.8) is 0 Å². The highest BCUT2D eigenvalue weighted by Crippen LogP contribution is 2.17. The standard InChI is InChI=1S/C12H11N5/c1-14-11-5-4-10(8-16-11)17-12-9(7-13)3-2-6-15-12/h2-6,8H,1H3,(H,14,16)(H,15,17). The maximum atomic E-state index is 8.92. The van der Waals surface area contributed by atoms with E-state index in [0.29, 0.717) is 11.4 Å². The number of nitriles is 1. The van der Waals surface area contributed by atoms with Crippen molar-refractivity contribution < 1.29 is 0 Å². The van der Waals surface area contributed by atoms with Crippen molar-refractivity contribution in [1.82, 2.24) is 9.97 Å². The lowest BCUT2D eigenvalue weighted by atomic mass is 10.2. The molecular formula is C12H11N5. The van der Waals surface area contributed by atoms with Crippen LogP contribution in [0.1, 0.15) is 5.56 Å². The Morgan fingerprint density at radius 3 is 2.76 bits per heavy atom. The molecule has 0 aliphatic carbocycles. The zero-order valence-corrected chi connectivity index (χ0v) is 9.31. The minimum Gasteiger partial charge on any atom is -0.373 e. The molecule has 2 N–H and O–H groups in total. The Morgan fingerprint density at radius 1 is 1.24 bits per heavy atom. The van der Waals surface area contributed by atoms with Crippen LogP contribution in [-0.4, -0.2) is 17.0 Å². The lowest BCUT2D eigenvalue weighted by molar-refractivity contribution is 1.25. The van der Waals surface area contributed by atoms with Crippen LogP contribution in [0.2, 0.25) is 0 Å². The lowest BCUT2D eigenvalue weighted by Crippen LogP contribution is -1.98. The third-order valence-electron chi connectivity index (χ3n) is 2.21. The molecule has 0 radical (unpaired) electrons. The predicted octanol–water partition coefficient (Wildman–Crippen LogP) is 2.13. The Bertz CT molecular complexity index is 542. The van der Waals surface area contributed by atoms with E-state index >= 15 is 0 Å². The number of aromatic nitrogens is 2. The second kappa shape index (κ2) is 4.94. The monoisotopic (exact) mass is 225 g/mol. The Balaban J connectivity index is 2.23. The van der Waals surface area contributed by atoms with E-state index in [1.165, 1.54) is 0 Å². The highest BCUT2D eigenvalue weighted by atomic mass is 15.0. The molecule has 0 atom stereocenters. The fraction of sp³-hybridized carbons (Fsp3) is 0.0833. The van der Waals surface area contributed by atoms with Gasteiger partial charge in [0.05, 0.1) is 17.4 Å². The Labute approximate surface area is 99.1 Å². The van der Waals surface area contributed by atoms with Gasteiger partial charge in [-0.2, -0.15) is 5.26 Å². The molecule has 0 fully saturated rings. The van der Waals surface area contributed by atoms with Gasteiger partial charge in [0.25, 0.3) is 0 Å². The van der Waals surface area contributed by atoms with Crippen molar-refractivity contribution in [3.8, 4) is 6.07 Å². The summed E-state index contributed by atoms with van der Waals surface area (Å²) in [5.74, 6) is 1.33. The van der Waals surface area contributed by atoms with E-state index in [0.717, 1.165) is 11.5 Å². The van der Waals surface area contributed by atoms with Gasteiger partial charge in [-0.25, -0.2) is 9.97 Å². The molecule has 84 valence electrons. The summed E-state index contributed by atoms with van der Waals surface area (Å²) in [5, 5.41) is 14.9. The zero-order valence-electron chi connectivity index (χ0n) is 9.31. The zero-order chi connectivity index (χ0) is 12.1. The number of hydrogen-bond donors (Lipinski definition) is 2. The van der Waals surface area contributed by atoms with Crippen LogP contribution >= 0.6 is 0 Å². The highest BCUT2D eigenvalue weighted by Gasteiger charge is 2.02. The van der Waals surface area contributed by atoms with Crippen molar-refractivity contribution in [2.24, 2.45) is 0 Å². The van der Waals surface area contributed by atoms with Crippen LogP contribution in [0.3, 0.4) is 0 Å². The Morgan fingerprint density at radius 2 is 2.12 bits per heavy atom. The van der Waals surface area contributed by atoms with E-state index in [1.807, 2.05) is 19.2 Å². The molecule has 0 aliphatic heterocycles. The molecule has 0 amide bonds. The molecule has 0 saturated heterocycles. The van der Waals surface area contributed by atoms with E-state index in [-0.39, 0.29) is 0 Å². The molecule has 0 aliphatic rings. The smallest absolute Gasteiger partial charge is 0.148 e. The molecular weight excluding hydrogens is 214 g/mol. The van der Waals surface area contributed by atoms with Gasteiger partial charge in [-0.3, -0.25) is 0 Å². The molecule has 2 rings (SSSR count). The molecule has 0 bridgehead atoms. The Kier molecular flexibility index (Phi) is 3.17. The number of anilines is 3. The molecule has 0 unspecified atom stereocenters. The third-order valence-corrected chi connectivity index (χ3v) is 2.21. The lowest BCUT2D eigenvalue weighted by Gasteiger charge is -2.06. The van der Waals surface area contributed by atoms with Crippen molar-refractivity contribution in [3.05, 3.63) is 42.2 Å². The normalized spacial score (nSPS) is 9.41. The van der Waals surface area contributed by atoms with Crippen LogP contribution in [0, 0.1) is 11.3 Å². The number of pyridine rings is 2. The van der Waals surface area contributed by atoms with E-state index in [9.17, 15) is 0 Å².